The van der Waals surface area contributed by atoms with E-state index < -0.39 is 0 Å². The fraction of sp³-hybridized carbons (Fsp3) is 0.263. The van der Waals surface area contributed by atoms with Crippen molar-refractivity contribution >= 4 is 0 Å². The number of aromatic nitrogens is 3. The fourth-order valence-corrected chi connectivity index (χ4v) is 2.45. The van der Waals surface area contributed by atoms with Crippen LogP contribution in [0, 0.1) is 5.82 Å². The molecule has 3 rings (SSSR count). The Bertz CT molecular complexity index is 779. The number of nitrogens with zero attached hydrogens (tertiary/aromatic N) is 3. The van der Waals surface area contributed by atoms with Crippen LogP contribution in [0.2, 0.25) is 0 Å². The minimum absolute atomic E-state index is 0.207. The molecule has 0 aliphatic heterocycles. The molecule has 0 amide bonds. The highest BCUT2D eigenvalue weighted by Crippen LogP contribution is 2.21. The van der Waals surface area contributed by atoms with E-state index in [0.29, 0.717) is 13.1 Å². The highest BCUT2D eigenvalue weighted by molar-refractivity contribution is 5.60. The van der Waals surface area contributed by atoms with Gasteiger partial charge in [-0.3, -0.25) is 0 Å². The molecule has 24 heavy (non-hydrogen) atoms. The maximum Gasteiger partial charge on any atom is 0.123 e. The van der Waals surface area contributed by atoms with Crippen LogP contribution in [0.25, 0.3) is 11.3 Å². The smallest absolute Gasteiger partial charge is 0.123 e. The van der Waals surface area contributed by atoms with Crippen LogP contribution in [0.5, 0.6) is 0 Å². The van der Waals surface area contributed by atoms with Gasteiger partial charge in [0.15, 0.2) is 0 Å². The average molecular weight is 324 g/mol. The Balaban J connectivity index is 1.75. The third-order valence-corrected chi connectivity index (χ3v) is 3.74. The topological polar surface area (TPSA) is 42.7 Å². The van der Waals surface area contributed by atoms with Gasteiger partial charge in [-0.1, -0.05) is 42.5 Å². The molecular weight excluding hydrogens is 303 g/mol. The van der Waals surface area contributed by atoms with E-state index in [2.05, 4.69) is 29.4 Å². The van der Waals surface area contributed by atoms with Crippen LogP contribution in [-0.2, 0) is 13.1 Å². The van der Waals surface area contributed by atoms with Crippen molar-refractivity contribution in [2.24, 2.45) is 0 Å². The summed E-state index contributed by atoms with van der Waals surface area (Å²) in [7, 11) is 0. The zero-order valence-corrected chi connectivity index (χ0v) is 13.9. The second kappa shape index (κ2) is 7.36. The largest absolute Gasteiger partial charge is 0.307 e. The van der Waals surface area contributed by atoms with Gasteiger partial charge in [0.1, 0.15) is 17.2 Å². The first-order valence-electron chi connectivity index (χ1n) is 8.10. The van der Waals surface area contributed by atoms with Crippen LogP contribution < -0.4 is 5.32 Å². The summed E-state index contributed by atoms with van der Waals surface area (Å²) in [5.74, 6) is -0.218. The van der Waals surface area contributed by atoms with Crippen LogP contribution in [0.3, 0.4) is 0 Å². The molecule has 0 bridgehead atoms. The van der Waals surface area contributed by atoms with E-state index in [9.17, 15) is 4.39 Å². The molecule has 0 aliphatic carbocycles. The van der Waals surface area contributed by atoms with Gasteiger partial charge in [0.25, 0.3) is 0 Å². The molecule has 5 heteroatoms. The molecule has 2 aromatic carbocycles. The van der Waals surface area contributed by atoms with E-state index in [4.69, 9.17) is 0 Å². The second-order valence-electron chi connectivity index (χ2n) is 6.01. The van der Waals surface area contributed by atoms with Crippen LogP contribution in [0.1, 0.15) is 31.1 Å². The van der Waals surface area contributed by atoms with E-state index >= 15 is 0 Å². The summed E-state index contributed by atoms with van der Waals surface area (Å²) in [5, 5.41) is 12.6. The van der Waals surface area contributed by atoms with Gasteiger partial charge in [0.05, 0.1) is 6.04 Å². The summed E-state index contributed by atoms with van der Waals surface area (Å²) in [5.41, 5.74) is 3.91. The summed E-state index contributed by atoms with van der Waals surface area (Å²) < 4.78 is 13.0. The molecule has 0 spiro atoms. The molecule has 0 unspecified atom stereocenters. The zero-order valence-electron chi connectivity index (χ0n) is 13.9. The Morgan fingerprint density at radius 2 is 1.67 bits per heavy atom. The molecule has 1 N–H and O–H groups in total. The van der Waals surface area contributed by atoms with Crippen LogP contribution in [-0.4, -0.2) is 15.0 Å². The molecule has 0 radical (unpaired) electrons. The maximum atomic E-state index is 13.0. The van der Waals surface area contributed by atoms with Crippen molar-refractivity contribution in [2.45, 2.75) is 33.0 Å². The van der Waals surface area contributed by atoms with Gasteiger partial charge in [-0.15, -0.1) is 0 Å². The Hall–Kier alpha value is -2.53. The van der Waals surface area contributed by atoms with Gasteiger partial charge < -0.3 is 5.32 Å². The fourth-order valence-electron chi connectivity index (χ4n) is 2.45. The third kappa shape index (κ3) is 3.86. The minimum Gasteiger partial charge on any atom is -0.307 e. The van der Waals surface area contributed by atoms with Gasteiger partial charge >= 0.3 is 0 Å². The van der Waals surface area contributed by atoms with Crippen molar-refractivity contribution in [3.63, 3.8) is 0 Å². The SMILES string of the molecule is CC(C)n1nc(CNCc2ccc(F)cc2)c(-c2ccccc2)n1. The number of halogens is 1. The Morgan fingerprint density at radius 3 is 2.33 bits per heavy atom. The highest BCUT2D eigenvalue weighted by Gasteiger charge is 2.14. The van der Waals surface area contributed by atoms with Crippen molar-refractivity contribution in [1.82, 2.24) is 20.3 Å². The van der Waals surface area contributed by atoms with E-state index in [1.54, 1.807) is 16.9 Å². The molecule has 124 valence electrons. The van der Waals surface area contributed by atoms with Crippen molar-refractivity contribution < 1.29 is 4.39 Å². The van der Waals surface area contributed by atoms with Gasteiger partial charge in [-0.05, 0) is 31.5 Å². The Labute approximate surface area is 141 Å². The van der Waals surface area contributed by atoms with Crippen molar-refractivity contribution in [2.75, 3.05) is 0 Å². The van der Waals surface area contributed by atoms with Gasteiger partial charge in [0, 0.05) is 18.7 Å². The molecule has 1 heterocycles. The predicted octanol–water partition coefficient (Wildman–Crippen LogP) is 3.95. The summed E-state index contributed by atoms with van der Waals surface area (Å²) >= 11 is 0. The Kier molecular flexibility index (Phi) is 5.01. The summed E-state index contributed by atoms with van der Waals surface area (Å²) in [6, 6.07) is 16.8. The second-order valence-corrected chi connectivity index (χ2v) is 6.01. The monoisotopic (exact) mass is 324 g/mol. The number of hydrogen-bond donors (Lipinski definition) is 1. The quantitative estimate of drug-likeness (QED) is 0.746. The van der Waals surface area contributed by atoms with E-state index in [0.717, 1.165) is 22.5 Å². The number of benzene rings is 2. The van der Waals surface area contributed by atoms with E-state index in [1.165, 1.54) is 12.1 Å². The summed E-state index contributed by atoms with van der Waals surface area (Å²) in [6.07, 6.45) is 0. The predicted molar refractivity (Wildman–Crippen MR) is 92.8 cm³/mol. The lowest BCUT2D eigenvalue weighted by Gasteiger charge is -2.04. The van der Waals surface area contributed by atoms with Crippen molar-refractivity contribution in [3.05, 3.63) is 71.7 Å². The first-order chi connectivity index (χ1) is 11.6. The first-order valence-corrected chi connectivity index (χ1v) is 8.10. The normalized spacial score (nSPS) is 11.2. The lowest BCUT2D eigenvalue weighted by atomic mass is 10.1. The summed E-state index contributed by atoms with van der Waals surface area (Å²) in [6.45, 7) is 5.38. The van der Waals surface area contributed by atoms with Gasteiger partial charge in [-0.25, -0.2) is 4.39 Å². The molecule has 0 saturated carbocycles. The van der Waals surface area contributed by atoms with Gasteiger partial charge in [-0.2, -0.15) is 15.0 Å². The van der Waals surface area contributed by atoms with Crippen LogP contribution >= 0.6 is 0 Å². The molecule has 4 nitrogen and oxygen atoms in total. The lowest BCUT2D eigenvalue weighted by Crippen LogP contribution is -2.14. The number of nitrogens with one attached hydrogen (secondary N) is 1. The van der Waals surface area contributed by atoms with Crippen molar-refractivity contribution in [3.8, 4) is 11.3 Å². The molecule has 1 aromatic heterocycles. The Morgan fingerprint density at radius 1 is 0.958 bits per heavy atom. The molecular formula is C19H21FN4. The standard InChI is InChI=1S/C19H21FN4/c1-14(2)24-22-18(19(23-24)16-6-4-3-5-7-16)13-21-12-15-8-10-17(20)11-9-15/h3-11,14,21H,12-13H2,1-2H3. The number of hydrogen-bond acceptors (Lipinski definition) is 3. The average Bonchev–Trinajstić information content (AvgIpc) is 3.02. The highest BCUT2D eigenvalue weighted by atomic mass is 19.1. The first kappa shape index (κ1) is 16.3. The third-order valence-electron chi connectivity index (χ3n) is 3.74. The molecule has 0 saturated heterocycles. The zero-order chi connectivity index (χ0) is 16.9. The van der Waals surface area contributed by atoms with Gasteiger partial charge in [0.2, 0.25) is 0 Å². The summed E-state index contributed by atoms with van der Waals surface area (Å²) in [4.78, 5) is 1.75. The van der Waals surface area contributed by atoms with E-state index in [1.807, 2.05) is 30.3 Å². The van der Waals surface area contributed by atoms with Crippen LogP contribution in [0.15, 0.2) is 54.6 Å². The molecule has 0 aliphatic rings. The van der Waals surface area contributed by atoms with Crippen molar-refractivity contribution in [1.29, 1.82) is 0 Å². The minimum atomic E-state index is -0.218. The van der Waals surface area contributed by atoms with E-state index in [-0.39, 0.29) is 11.9 Å². The lowest BCUT2D eigenvalue weighted by molar-refractivity contribution is 0.461. The van der Waals surface area contributed by atoms with Crippen LogP contribution in [0.4, 0.5) is 4.39 Å². The maximum absolute atomic E-state index is 13.0. The molecule has 0 atom stereocenters. The molecule has 0 fully saturated rings. The number of rotatable bonds is 6. The molecule has 3 aromatic rings.